The SMILES string of the molecule is CN1C(=S)N(c2ccc(-c3ccccc3)cc2)[C@H](c2ccc(O)cc2O)[C@@H]1CCC(O)c1ccc(F)cc1. The van der Waals surface area contributed by atoms with Crippen LogP contribution in [0, 0.1) is 5.82 Å². The lowest BCUT2D eigenvalue weighted by Crippen LogP contribution is -2.31. The summed E-state index contributed by atoms with van der Waals surface area (Å²) in [4.78, 5) is 4.01. The van der Waals surface area contributed by atoms with Gasteiger partial charge in [-0.25, -0.2) is 4.39 Å². The fourth-order valence-electron chi connectivity index (χ4n) is 5.19. The number of phenolic OH excluding ortho intramolecular Hbond substituents is 2. The maximum absolute atomic E-state index is 13.4. The molecule has 1 aliphatic heterocycles. The Morgan fingerprint density at radius 3 is 2.18 bits per heavy atom. The van der Waals surface area contributed by atoms with Crippen molar-refractivity contribution >= 4 is 23.0 Å². The van der Waals surface area contributed by atoms with Gasteiger partial charge in [-0.2, -0.15) is 0 Å². The van der Waals surface area contributed by atoms with Crippen molar-refractivity contribution in [2.45, 2.75) is 31.0 Å². The largest absolute Gasteiger partial charge is 0.508 e. The van der Waals surface area contributed by atoms with E-state index in [1.165, 1.54) is 18.2 Å². The number of phenols is 2. The van der Waals surface area contributed by atoms with Crippen LogP contribution in [0.4, 0.5) is 10.1 Å². The van der Waals surface area contributed by atoms with Crippen molar-refractivity contribution in [3.8, 4) is 22.6 Å². The number of hydrogen-bond acceptors (Lipinski definition) is 4. The molecule has 0 amide bonds. The number of aliphatic hydroxyl groups excluding tert-OH is 1. The van der Waals surface area contributed by atoms with E-state index in [9.17, 15) is 19.7 Å². The van der Waals surface area contributed by atoms with Gasteiger partial charge in [0, 0.05) is 24.4 Å². The first-order chi connectivity index (χ1) is 18.3. The monoisotopic (exact) mass is 528 g/mol. The van der Waals surface area contributed by atoms with Crippen LogP contribution < -0.4 is 4.90 Å². The minimum atomic E-state index is -0.772. The van der Waals surface area contributed by atoms with Gasteiger partial charge in [-0.3, -0.25) is 0 Å². The van der Waals surface area contributed by atoms with E-state index in [1.807, 2.05) is 59.3 Å². The molecule has 4 aromatic rings. The van der Waals surface area contributed by atoms with Gasteiger partial charge in [-0.05, 0) is 78.1 Å². The van der Waals surface area contributed by atoms with Crippen molar-refractivity contribution in [3.05, 3.63) is 114 Å². The molecule has 0 saturated carbocycles. The van der Waals surface area contributed by atoms with Crippen LogP contribution >= 0.6 is 12.2 Å². The number of anilines is 1. The number of aliphatic hydroxyl groups is 1. The normalized spacial score (nSPS) is 18.1. The Balaban J connectivity index is 1.48. The van der Waals surface area contributed by atoms with E-state index in [1.54, 1.807) is 24.3 Å². The maximum Gasteiger partial charge on any atom is 0.176 e. The number of nitrogens with zero attached hydrogens (tertiary/aromatic N) is 2. The molecule has 194 valence electrons. The molecular weight excluding hydrogens is 499 g/mol. The fourth-order valence-corrected chi connectivity index (χ4v) is 5.55. The van der Waals surface area contributed by atoms with Gasteiger partial charge in [0.05, 0.1) is 18.2 Å². The molecule has 3 N–H and O–H groups in total. The van der Waals surface area contributed by atoms with Gasteiger partial charge in [-0.1, -0.05) is 54.6 Å². The van der Waals surface area contributed by atoms with E-state index in [2.05, 4.69) is 12.1 Å². The number of benzene rings is 4. The van der Waals surface area contributed by atoms with Crippen LogP contribution in [0.5, 0.6) is 11.5 Å². The Morgan fingerprint density at radius 2 is 1.53 bits per heavy atom. The van der Waals surface area contributed by atoms with E-state index < -0.39 is 6.10 Å². The first-order valence-electron chi connectivity index (χ1n) is 12.5. The second-order valence-electron chi connectivity index (χ2n) is 9.58. The van der Waals surface area contributed by atoms with E-state index in [4.69, 9.17) is 12.2 Å². The van der Waals surface area contributed by atoms with E-state index in [0.29, 0.717) is 29.1 Å². The first-order valence-corrected chi connectivity index (χ1v) is 12.9. The van der Waals surface area contributed by atoms with Crippen LogP contribution in [0.15, 0.2) is 97.1 Å². The van der Waals surface area contributed by atoms with Crippen LogP contribution in [0.25, 0.3) is 11.1 Å². The van der Waals surface area contributed by atoms with Gasteiger partial charge in [0.25, 0.3) is 0 Å². The van der Waals surface area contributed by atoms with E-state index in [-0.39, 0.29) is 29.4 Å². The van der Waals surface area contributed by atoms with Crippen LogP contribution in [0.2, 0.25) is 0 Å². The molecule has 0 bridgehead atoms. The highest BCUT2D eigenvalue weighted by Gasteiger charge is 2.44. The van der Waals surface area contributed by atoms with Crippen molar-refractivity contribution < 1.29 is 19.7 Å². The van der Waals surface area contributed by atoms with Crippen molar-refractivity contribution in [3.63, 3.8) is 0 Å². The van der Waals surface area contributed by atoms with Crippen LogP contribution in [-0.2, 0) is 0 Å². The fraction of sp³-hybridized carbons (Fsp3) is 0.194. The molecule has 1 aliphatic rings. The standard InChI is InChI=1S/C31H29FN2O3S/c1-33-27(17-18-28(36)22-7-11-23(32)12-8-22)30(26-16-15-25(35)19-29(26)37)34(31(33)38)24-13-9-21(10-14-24)20-5-3-2-4-6-20/h2-16,19,27-28,30,35-37H,17-18H2,1H3/t27-,28?,30+/m0/s1. The lowest BCUT2D eigenvalue weighted by molar-refractivity contribution is 0.152. The summed E-state index contributed by atoms with van der Waals surface area (Å²) in [6.07, 6.45) is 0.198. The van der Waals surface area contributed by atoms with Crippen LogP contribution in [0.3, 0.4) is 0 Å². The number of rotatable bonds is 7. The highest BCUT2D eigenvalue weighted by atomic mass is 32.1. The molecular formula is C31H29FN2O3S. The van der Waals surface area contributed by atoms with E-state index in [0.717, 1.165) is 16.8 Å². The smallest absolute Gasteiger partial charge is 0.176 e. The summed E-state index contributed by atoms with van der Waals surface area (Å²) < 4.78 is 13.4. The molecule has 38 heavy (non-hydrogen) atoms. The topological polar surface area (TPSA) is 67.2 Å². The quantitative estimate of drug-likeness (QED) is 0.236. The van der Waals surface area contributed by atoms with E-state index >= 15 is 0 Å². The second kappa shape index (κ2) is 10.8. The van der Waals surface area contributed by atoms with Crippen molar-refractivity contribution in [2.24, 2.45) is 0 Å². The molecule has 0 radical (unpaired) electrons. The molecule has 4 aromatic carbocycles. The third kappa shape index (κ3) is 5.08. The summed E-state index contributed by atoms with van der Waals surface area (Å²) in [5, 5.41) is 32.2. The lowest BCUT2D eigenvalue weighted by atomic mass is 9.92. The Bertz CT molecular complexity index is 1410. The summed E-state index contributed by atoms with van der Waals surface area (Å²) >= 11 is 5.90. The number of hydrogen-bond donors (Lipinski definition) is 3. The predicted molar refractivity (Wildman–Crippen MR) is 152 cm³/mol. The molecule has 1 fully saturated rings. The molecule has 7 heteroatoms. The summed E-state index contributed by atoms with van der Waals surface area (Å²) in [7, 11) is 1.92. The molecule has 1 saturated heterocycles. The van der Waals surface area contributed by atoms with Crippen molar-refractivity contribution in [1.29, 1.82) is 0 Å². The first kappa shape index (κ1) is 25.7. The third-order valence-corrected chi connectivity index (χ3v) is 7.71. The van der Waals surface area contributed by atoms with Crippen molar-refractivity contribution in [1.82, 2.24) is 4.90 Å². The second-order valence-corrected chi connectivity index (χ2v) is 9.94. The van der Waals surface area contributed by atoms with Gasteiger partial charge in [0.1, 0.15) is 17.3 Å². The Hall–Kier alpha value is -3.94. The summed E-state index contributed by atoms with van der Waals surface area (Å²) in [6.45, 7) is 0. The Labute approximate surface area is 227 Å². The zero-order valence-corrected chi connectivity index (χ0v) is 21.7. The molecule has 5 nitrogen and oxygen atoms in total. The Kier molecular flexibility index (Phi) is 7.31. The highest BCUT2D eigenvalue weighted by molar-refractivity contribution is 7.80. The van der Waals surface area contributed by atoms with Gasteiger partial charge in [0.2, 0.25) is 0 Å². The minimum Gasteiger partial charge on any atom is -0.508 e. The summed E-state index contributed by atoms with van der Waals surface area (Å²) in [6, 6.07) is 28.2. The Morgan fingerprint density at radius 1 is 0.868 bits per heavy atom. The molecule has 5 rings (SSSR count). The van der Waals surface area contributed by atoms with Crippen LogP contribution in [0.1, 0.15) is 36.1 Å². The molecule has 1 unspecified atom stereocenters. The zero-order valence-electron chi connectivity index (χ0n) is 20.9. The summed E-state index contributed by atoms with van der Waals surface area (Å²) in [5.74, 6) is -0.399. The van der Waals surface area contributed by atoms with Gasteiger partial charge < -0.3 is 25.1 Å². The van der Waals surface area contributed by atoms with Gasteiger partial charge >= 0.3 is 0 Å². The number of halogens is 1. The third-order valence-electron chi connectivity index (χ3n) is 7.22. The molecule has 1 heterocycles. The molecule has 0 aliphatic carbocycles. The lowest BCUT2D eigenvalue weighted by Gasteiger charge is -2.29. The minimum absolute atomic E-state index is 0.0249. The van der Waals surface area contributed by atoms with Crippen molar-refractivity contribution in [2.75, 3.05) is 11.9 Å². The average molecular weight is 529 g/mol. The molecule has 3 atom stereocenters. The summed E-state index contributed by atoms with van der Waals surface area (Å²) in [5.41, 5.74) is 4.34. The van der Waals surface area contributed by atoms with Gasteiger partial charge in [-0.15, -0.1) is 0 Å². The predicted octanol–water partition coefficient (Wildman–Crippen LogP) is 6.56. The molecule has 0 aromatic heterocycles. The number of aromatic hydroxyl groups is 2. The zero-order chi connectivity index (χ0) is 26.8. The number of likely N-dealkylation sites (N-methyl/N-ethyl adjacent to an activating group) is 1. The maximum atomic E-state index is 13.4. The highest BCUT2D eigenvalue weighted by Crippen LogP contribution is 2.44. The average Bonchev–Trinajstić information content (AvgIpc) is 3.17. The number of thiocarbonyl (C=S) groups is 1. The van der Waals surface area contributed by atoms with Crippen LogP contribution in [-0.4, -0.2) is 38.4 Å². The molecule has 0 spiro atoms. The van der Waals surface area contributed by atoms with Gasteiger partial charge in [0.15, 0.2) is 5.11 Å².